The molecule has 0 radical (unpaired) electrons. The molecule has 7 heteroatoms. The Morgan fingerprint density at radius 2 is 1.95 bits per heavy atom. The number of hydrogen-bond acceptors (Lipinski definition) is 4. The van der Waals surface area contributed by atoms with Crippen molar-refractivity contribution in [3.63, 3.8) is 0 Å². The van der Waals surface area contributed by atoms with E-state index in [2.05, 4.69) is 0 Å². The second kappa shape index (κ2) is 5.83. The van der Waals surface area contributed by atoms with E-state index >= 15 is 0 Å². The summed E-state index contributed by atoms with van der Waals surface area (Å²) in [5.74, 6) is 0.695. The standard InChI is InChI=1S/C15H9Cl2NO3S/c1-18-14(19)13(22-15(18)20)7-9-3-5-12(21-9)10-4-2-8(16)6-11(10)17/h2-7H,1H3/b13-7+. The Labute approximate surface area is 140 Å². The molecule has 1 aliphatic rings. The van der Waals surface area contributed by atoms with Gasteiger partial charge in [0.15, 0.2) is 0 Å². The Morgan fingerprint density at radius 3 is 2.59 bits per heavy atom. The topological polar surface area (TPSA) is 50.5 Å². The monoisotopic (exact) mass is 353 g/mol. The average Bonchev–Trinajstić information content (AvgIpc) is 3.01. The number of carbonyl (C=O) groups is 2. The second-order valence-corrected chi connectivity index (χ2v) is 6.40. The smallest absolute Gasteiger partial charge is 0.293 e. The van der Waals surface area contributed by atoms with Crippen molar-refractivity contribution in [1.82, 2.24) is 4.90 Å². The minimum Gasteiger partial charge on any atom is -0.457 e. The molecule has 0 aliphatic carbocycles. The summed E-state index contributed by atoms with van der Waals surface area (Å²) in [6.45, 7) is 0. The molecule has 22 heavy (non-hydrogen) atoms. The third-order valence-corrected chi connectivity index (χ3v) is 4.59. The van der Waals surface area contributed by atoms with Gasteiger partial charge in [0.25, 0.3) is 11.1 Å². The van der Waals surface area contributed by atoms with Gasteiger partial charge >= 0.3 is 0 Å². The van der Waals surface area contributed by atoms with Gasteiger partial charge in [-0.25, -0.2) is 0 Å². The fourth-order valence-corrected chi connectivity index (χ4v) is 3.25. The van der Waals surface area contributed by atoms with Crippen molar-refractivity contribution in [2.24, 2.45) is 0 Å². The van der Waals surface area contributed by atoms with Crippen molar-refractivity contribution >= 4 is 52.2 Å². The Balaban J connectivity index is 1.92. The van der Waals surface area contributed by atoms with E-state index in [4.69, 9.17) is 27.6 Å². The quantitative estimate of drug-likeness (QED) is 0.719. The average molecular weight is 354 g/mol. The van der Waals surface area contributed by atoms with Crippen molar-refractivity contribution in [3.05, 3.63) is 51.0 Å². The molecule has 0 bridgehead atoms. The van der Waals surface area contributed by atoms with Gasteiger partial charge in [-0.05, 0) is 42.1 Å². The number of nitrogens with zero attached hydrogens (tertiary/aromatic N) is 1. The lowest BCUT2D eigenvalue weighted by Crippen LogP contribution is -2.22. The van der Waals surface area contributed by atoms with Gasteiger partial charge in [-0.2, -0.15) is 0 Å². The molecule has 1 aromatic carbocycles. The number of rotatable bonds is 2. The molecule has 112 valence electrons. The normalized spacial score (nSPS) is 16.9. The highest BCUT2D eigenvalue weighted by Gasteiger charge is 2.32. The van der Waals surface area contributed by atoms with Crippen LogP contribution in [0.1, 0.15) is 5.76 Å². The van der Waals surface area contributed by atoms with Crippen molar-refractivity contribution in [2.75, 3.05) is 7.05 Å². The molecule has 2 amide bonds. The number of thioether (sulfide) groups is 1. The highest BCUT2D eigenvalue weighted by Crippen LogP contribution is 2.34. The summed E-state index contributed by atoms with van der Waals surface area (Å²) >= 11 is 12.9. The molecule has 2 heterocycles. The maximum atomic E-state index is 11.8. The van der Waals surface area contributed by atoms with Gasteiger partial charge in [-0.1, -0.05) is 23.2 Å². The van der Waals surface area contributed by atoms with E-state index < -0.39 is 0 Å². The molecular weight excluding hydrogens is 345 g/mol. The highest BCUT2D eigenvalue weighted by atomic mass is 35.5. The van der Waals surface area contributed by atoms with Crippen molar-refractivity contribution < 1.29 is 14.0 Å². The fraction of sp³-hybridized carbons (Fsp3) is 0.0667. The molecule has 0 saturated carbocycles. The van der Waals surface area contributed by atoms with Gasteiger partial charge in [0.2, 0.25) is 0 Å². The number of benzene rings is 1. The predicted octanol–water partition coefficient (Wildman–Crippen LogP) is 4.92. The minimum atomic E-state index is -0.336. The fourth-order valence-electron chi connectivity index (χ4n) is 1.94. The summed E-state index contributed by atoms with van der Waals surface area (Å²) in [4.78, 5) is 24.7. The summed E-state index contributed by atoms with van der Waals surface area (Å²) in [6.07, 6.45) is 1.54. The predicted molar refractivity (Wildman–Crippen MR) is 87.9 cm³/mol. The molecule has 1 saturated heterocycles. The molecule has 4 nitrogen and oxygen atoms in total. The number of furan rings is 1. The van der Waals surface area contributed by atoms with Crippen LogP contribution in [-0.2, 0) is 4.79 Å². The van der Waals surface area contributed by atoms with E-state index in [0.717, 1.165) is 16.7 Å². The first-order valence-electron chi connectivity index (χ1n) is 6.22. The first kappa shape index (κ1) is 15.2. The van der Waals surface area contributed by atoms with E-state index in [9.17, 15) is 9.59 Å². The Bertz CT molecular complexity index is 813. The van der Waals surface area contributed by atoms with Crippen molar-refractivity contribution in [1.29, 1.82) is 0 Å². The Hall–Kier alpha value is -1.69. The van der Waals surface area contributed by atoms with Gasteiger partial charge in [-0.3, -0.25) is 14.5 Å². The number of hydrogen-bond donors (Lipinski definition) is 0. The van der Waals surface area contributed by atoms with Crippen molar-refractivity contribution in [2.45, 2.75) is 0 Å². The zero-order chi connectivity index (χ0) is 15.9. The maximum absolute atomic E-state index is 11.8. The summed E-state index contributed by atoms with van der Waals surface area (Å²) in [5, 5.41) is 0.711. The van der Waals surface area contributed by atoms with E-state index in [1.807, 2.05) is 0 Å². The van der Waals surface area contributed by atoms with Crippen LogP contribution in [0.5, 0.6) is 0 Å². The lowest BCUT2D eigenvalue weighted by Gasteiger charge is -2.01. The molecule has 0 unspecified atom stereocenters. The molecule has 2 aromatic rings. The van der Waals surface area contributed by atoms with Crippen LogP contribution in [0, 0.1) is 0 Å². The van der Waals surface area contributed by atoms with Crippen LogP contribution in [0.2, 0.25) is 10.0 Å². The summed E-state index contributed by atoms with van der Waals surface area (Å²) in [5.41, 5.74) is 0.703. The maximum Gasteiger partial charge on any atom is 0.293 e. The van der Waals surface area contributed by atoms with E-state index in [-0.39, 0.29) is 11.1 Å². The molecule has 0 spiro atoms. The van der Waals surface area contributed by atoms with Gasteiger partial charge in [-0.15, -0.1) is 0 Å². The molecule has 1 aliphatic heterocycles. The van der Waals surface area contributed by atoms with E-state index in [1.54, 1.807) is 36.4 Å². The number of imide groups is 1. The van der Waals surface area contributed by atoms with Crippen LogP contribution >= 0.6 is 35.0 Å². The second-order valence-electron chi connectivity index (χ2n) is 4.57. The third kappa shape index (κ3) is 2.79. The lowest BCUT2D eigenvalue weighted by atomic mass is 10.2. The molecular formula is C15H9Cl2NO3S. The lowest BCUT2D eigenvalue weighted by molar-refractivity contribution is -0.121. The molecule has 1 fully saturated rings. The number of halogens is 2. The van der Waals surface area contributed by atoms with Gasteiger partial charge in [0.1, 0.15) is 11.5 Å². The number of amides is 2. The van der Waals surface area contributed by atoms with Crippen LogP contribution in [-0.4, -0.2) is 23.1 Å². The van der Waals surface area contributed by atoms with Crippen LogP contribution in [0.15, 0.2) is 39.7 Å². The van der Waals surface area contributed by atoms with E-state index in [1.165, 1.54) is 7.05 Å². The van der Waals surface area contributed by atoms with Gasteiger partial charge in [0, 0.05) is 23.7 Å². The number of likely N-dealkylation sites (N-methyl/N-ethyl adjacent to an activating group) is 1. The molecule has 3 rings (SSSR count). The largest absolute Gasteiger partial charge is 0.457 e. The first-order valence-corrected chi connectivity index (χ1v) is 7.80. The third-order valence-electron chi connectivity index (χ3n) is 3.08. The zero-order valence-corrected chi connectivity index (χ0v) is 13.6. The van der Waals surface area contributed by atoms with Crippen LogP contribution in [0.25, 0.3) is 17.4 Å². The molecule has 0 atom stereocenters. The first-order chi connectivity index (χ1) is 10.5. The van der Waals surface area contributed by atoms with Gasteiger partial charge in [0.05, 0.1) is 9.93 Å². The Kier molecular flexibility index (Phi) is 4.04. The SMILES string of the molecule is CN1C(=O)S/C(=C/c2ccc(-c3ccc(Cl)cc3Cl)o2)C1=O. The van der Waals surface area contributed by atoms with Crippen molar-refractivity contribution in [3.8, 4) is 11.3 Å². The highest BCUT2D eigenvalue weighted by molar-refractivity contribution is 8.18. The van der Waals surface area contributed by atoms with E-state index in [0.29, 0.717) is 32.0 Å². The van der Waals surface area contributed by atoms with Crippen LogP contribution < -0.4 is 0 Å². The minimum absolute atomic E-state index is 0.302. The number of carbonyl (C=O) groups excluding carboxylic acids is 2. The van der Waals surface area contributed by atoms with Gasteiger partial charge < -0.3 is 4.42 Å². The zero-order valence-electron chi connectivity index (χ0n) is 11.3. The Morgan fingerprint density at radius 1 is 1.18 bits per heavy atom. The summed E-state index contributed by atoms with van der Waals surface area (Å²) in [6, 6.07) is 8.56. The summed E-state index contributed by atoms with van der Waals surface area (Å²) in [7, 11) is 1.44. The molecule has 1 aromatic heterocycles. The molecule has 0 N–H and O–H groups in total. The van der Waals surface area contributed by atoms with Crippen LogP contribution in [0.3, 0.4) is 0 Å². The summed E-state index contributed by atoms with van der Waals surface area (Å²) < 4.78 is 5.67. The van der Waals surface area contributed by atoms with Crippen LogP contribution in [0.4, 0.5) is 4.79 Å².